The molecule has 20 heavy (non-hydrogen) atoms. The number of hydrogen-bond acceptors (Lipinski definition) is 6. The highest BCUT2D eigenvalue weighted by atomic mass is 35.5. The number of anilines is 2. The maximum absolute atomic E-state index is 5.98. The molecule has 2 aromatic heterocycles. The van der Waals surface area contributed by atoms with Gasteiger partial charge >= 0.3 is 0 Å². The van der Waals surface area contributed by atoms with Crippen molar-refractivity contribution in [2.45, 2.75) is 25.8 Å². The van der Waals surface area contributed by atoms with E-state index >= 15 is 0 Å². The van der Waals surface area contributed by atoms with Gasteiger partial charge in [-0.3, -0.25) is 0 Å². The van der Waals surface area contributed by atoms with Crippen molar-refractivity contribution in [1.82, 2.24) is 24.9 Å². The van der Waals surface area contributed by atoms with Crippen molar-refractivity contribution in [3.63, 3.8) is 0 Å². The van der Waals surface area contributed by atoms with Gasteiger partial charge < -0.3 is 15.2 Å². The van der Waals surface area contributed by atoms with Crippen LogP contribution < -0.4 is 10.2 Å². The average Bonchev–Trinajstić information content (AvgIpc) is 2.99. The first kappa shape index (κ1) is 13.1. The molecule has 3 rings (SSSR count). The summed E-state index contributed by atoms with van der Waals surface area (Å²) in [6.45, 7) is 2.51. The van der Waals surface area contributed by atoms with Crippen LogP contribution in [-0.2, 0) is 6.54 Å². The Morgan fingerprint density at radius 1 is 1.20 bits per heavy atom. The second-order valence-electron chi connectivity index (χ2n) is 4.71. The topological polar surface area (TPSA) is 82.6 Å². The molecule has 0 unspecified atom stereocenters. The normalized spacial score (nSPS) is 15.3. The molecule has 0 bridgehead atoms. The van der Waals surface area contributed by atoms with Crippen LogP contribution in [0.1, 0.15) is 25.0 Å². The molecule has 0 radical (unpaired) electrons. The summed E-state index contributed by atoms with van der Waals surface area (Å²) in [4.78, 5) is 21.9. The highest BCUT2D eigenvalue weighted by molar-refractivity contribution is 6.28. The van der Waals surface area contributed by atoms with E-state index in [0.717, 1.165) is 18.8 Å². The fourth-order valence-corrected chi connectivity index (χ4v) is 2.37. The van der Waals surface area contributed by atoms with E-state index in [1.807, 2.05) is 0 Å². The van der Waals surface area contributed by atoms with Crippen LogP contribution in [-0.4, -0.2) is 38.0 Å². The zero-order valence-electron chi connectivity index (χ0n) is 11.0. The minimum absolute atomic E-state index is 0.215. The Kier molecular flexibility index (Phi) is 3.96. The lowest BCUT2D eigenvalue weighted by Gasteiger charge is -2.26. The quantitative estimate of drug-likeness (QED) is 0.895. The molecular formula is C12H16ClN7. The van der Waals surface area contributed by atoms with E-state index in [1.54, 1.807) is 12.5 Å². The lowest BCUT2D eigenvalue weighted by Crippen LogP contribution is -2.31. The fraction of sp³-hybridized carbons (Fsp3) is 0.500. The van der Waals surface area contributed by atoms with Crippen LogP contribution in [0.15, 0.2) is 12.5 Å². The van der Waals surface area contributed by atoms with Gasteiger partial charge in [-0.05, 0) is 30.9 Å². The highest BCUT2D eigenvalue weighted by Crippen LogP contribution is 2.18. The molecule has 3 heterocycles. The Morgan fingerprint density at radius 2 is 2.05 bits per heavy atom. The molecule has 0 saturated carbocycles. The Hall–Kier alpha value is -1.89. The largest absolute Gasteiger partial charge is 0.348 e. The lowest BCUT2D eigenvalue weighted by atomic mass is 10.1. The SMILES string of the molecule is Clc1nc(NCc2cnc[nH]2)nc(N2CCCCC2)n1. The van der Waals surface area contributed by atoms with Gasteiger partial charge in [-0.2, -0.15) is 15.0 Å². The summed E-state index contributed by atoms with van der Waals surface area (Å²) < 4.78 is 0. The Balaban J connectivity index is 1.72. The Labute approximate surface area is 121 Å². The van der Waals surface area contributed by atoms with Crippen LogP contribution >= 0.6 is 11.6 Å². The maximum Gasteiger partial charge on any atom is 0.231 e. The van der Waals surface area contributed by atoms with E-state index in [4.69, 9.17) is 11.6 Å². The fourth-order valence-electron chi connectivity index (χ4n) is 2.21. The first-order valence-corrected chi connectivity index (χ1v) is 7.07. The number of imidazole rings is 1. The number of piperidine rings is 1. The molecule has 7 nitrogen and oxygen atoms in total. The minimum atomic E-state index is 0.215. The predicted octanol–water partition coefficient (Wildman–Crippen LogP) is 1.85. The number of nitrogens with zero attached hydrogens (tertiary/aromatic N) is 5. The van der Waals surface area contributed by atoms with Crippen molar-refractivity contribution in [2.75, 3.05) is 23.3 Å². The molecule has 0 spiro atoms. The van der Waals surface area contributed by atoms with Gasteiger partial charge in [-0.25, -0.2) is 4.98 Å². The summed E-state index contributed by atoms with van der Waals surface area (Å²) in [6, 6.07) is 0. The van der Waals surface area contributed by atoms with Crippen molar-refractivity contribution >= 4 is 23.5 Å². The van der Waals surface area contributed by atoms with Crippen LogP contribution in [0.4, 0.5) is 11.9 Å². The summed E-state index contributed by atoms with van der Waals surface area (Å²) >= 11 is 5.98. The standard InChI is InChI=1S/C12H16ClN7/c13-10-17-11(15-7-9-6-14-8-16-9)19-12(18-10)20-4-2-1-3-5-20/h6,8H,1-5,7H2,(H,14,16)(H,15,17,18,19). The molecule has 2 N–H and O–H groups in total. The second-order valence-corrected chi connectivity index (χ2v) is 5.04. The van der Waals surface area contributed by atoms with E-state index in [1.165, 1.54) is 19.3 Å². The summed E-state index contributed by atoms with van der Waals surface area (Å²) in [5.41, 5.74) is 0.959. The molecule has 0 aromatic carbocycles. The summed E-state index contributed by atoms with van der Waals surface area (Å²) in [5.74, 6) is 1.14. The van der Waals surface area contributed by atoms with Gasteiger partial charge in [0.25, 0.3) is 0 Å². The molecule has 1 aliphatic rings. The highest BCUT2D eigenvalue weighted by Gasteiger charge is 2.15. The third-order valence-electron chi connectivity index (χ3n) is 3.23. The number of nitrogens with one attached hydrogen (secondary N) is 2. The molecular weight excluding hydrogens is 278 g/mol. The molecule has 1 fully saturated rings. The van der Waals surface area contributed by atoms with Gasteiger partial charge in [0.2, 0.25) is 17.2 Å². The molecule has 106 valence electrons. The van der Waals surface area contributed by atoms with Crippen molar-refractivity contribution < 1.29 is 0 Å². The van der Waals surface area contributed by atoms with Crippen LogP contribution in [0, 0.1) is 0 Å². The van der Waals surface area contributed by atoms with Gasteiger partial charge in [0.1, 0.15) is 0 Å². The second kappa shape index (κ2) is 6.04. The number of rotatable bonds is 4. The average molecular weight is 294 g/mol. The van der Waals surface area contributed by atoms with Crippen molar-refractivity contribution in [2.24, 2.45) is 0 Å². The molecule has 1 aliphatic heterocycles. The van der Waals surface area contributed by atoms with Crippen molar-refractivity contribution in [3.8, 4) is 0 Å². The van der Waals surface area contributed by atoms with Gasteiger partial charge in [-0.1, -0.05) is 0 Å². The number of aromatic nitrogens is 5. The Bertz CT molecular complexity index is 551. The van der Waals surface area contributed by atoms with Crippen LogP contribution in [0.25, 0.3) is 0 Å². The lowest BCUT2D eigenvalue weighted by molar-refractivity contribution is 0.567. The molecule has 0 amide bonds. The molecule has 1 saturated heterocycles. The van der Waals surface area contributed by atoms with E-state index in [2.05, 4.69) is 35.1 Å². The smallest absolute Gasteiger partial charge is 0.231 e. The summed E-state index contributed by atoms with van der Waals surface area (Å²) in [7, 11) is 0. The van der Waals surface area contributed by atoms with E-state index in [-0.39, 0.29) is 5.28 Å². The van der Waals surface area contributed by atoms with Gasteiger partial charge in [-0.15, -0.1) is 0 Å². The first-order valence-electron chi connectivity index (χ1n) is 6.69. The number of halogens is 1. The Morgan fingerprint density at radius 3 is 2.80 bits per heavy atom. The first-order chi connectivity index (χ1) is 9.81. The van der Waals surface area contributed by atoms with E-state index in [0.29, 0.717) is 18.4 Å². The van der Waals surface area contributed by atoms with E-state index in [9.17, 15) is 0 Å². The maximum atomic E-state index is 5.98. The summed E-state index contributed by atoms with van der Waals surface area (Å²) in [6.07, 6.45) is 6.98. The van der Waals surface area contributed by atoms with Crippen molar-refractivity contribution in [3.05, 3.63) is 23.5 Å². The molecule has 2 aromatic rings. The zero-order chi connectivity index (χ0) is 13.8. The number of aromatic amines is 1. The third kappa shape index (κ3) is 3.16. The monoisotopic (exact) mass is 293 g/mol. The summed E-state index contributed by atoms with van der Waals surface area (Å²) in [5, 5.41) is 3.34. The van der Waals surface area contributed by atoms with Crippen LogP contribution in [0.5, 0.6) is 0 Å². The van der Waals surface area contributed by atoms with Gasteiger partial charge in [0, 0.05) is 19.3 Å². The predicted molar refractivity (Wildman–Crippen MR) is 76.8 cm³/mol. The van der Waals surface area contributed by atoms with E-state index < -0.39 is 0 Å². The number of H-pyrrole nitrogens is 1. The van der Waals surface area contributed by atoms with Crippen LogP contribution in [0.3, 0.4) is 0 Å². The van der Waals surface area contributed by atoms with Crippen molar-refractivity contribution in [1.29, 1.82) is 0 Å². The van der Waals surface area contributed by atoms with Gasteiger partial charge in [0.15, 0.2) is 0 Å². The molecule has 0 aliphatic carbocycles. The number of hydrogen-bond donors (Lipinski definition) is 2. The minimum Gasteiger partial charge on any atom is -0.348 e. The molecule has 0 atom stereocenters. The zero-order valence-corrected chi connectivity index (χ0v) is 11.8. The van der Waals surface area contributed by atoms with Gasteiger partial charge in [0.05, 0.1) is 18.6 Å². The molecule has 8 heteroatoms. The van der Waals surface area contributed by atoms with Crippen LogP contribution in [0.2, 0.25) is 5.28 Å². The third-order valence-corrected chi connectivity index (χ3v) is 3.40.